The molecule has 8 nitrogen and oxygen atoms in total. The molecule has 4 heterocycles. The highest BCUT2D eigenvalue weighted by Crippen LogP contribution is 2.58. The average Bonchev–Trinajstić information content (AvgIpc) is 3.82. The summed E-state index contributed by atoms with van der Waals surface area (Å²) in [6.45, 7) is 5.53. The second-order valence-electron chi connectivity index (χ2n) is 14.4. The number of amides is 3. The van der Waals surface area contributed by atoms with Crippen LogP contribution in [0.5, 0.6) is 0 Å². The van der Waals surface area contributed by atoms with E-state index in [1.54, 1.807) is 14.7 Å². The number of aliphatic hydroxyl groups excluding tert-OH is 1. The molecule has 2 saturated heterocycles. The molecular formula is C40H40FN3O5. The zero-order chi connectivity index (χ0) is 34.2. The van der Waals surface area contributed by atoms with Crippen LogP contribution >= 0.6 is 0 Å². The molecule has 49 heavy (non-hydrogen) atoms. The van der Waals surface area contributed by atoms with Crippen LogP contribution in [0.15, 0.2) is 84.9 Å². The number of fused-ring (bicyclic) bond motifs is 2. The van der Waals surface area contributed by atoms with E-state index in [1.165, 1.54) is 13.8 Å². The van der Waals surface area contributed by atoms with Crippen molar-refractivity contribution in [2.45, 2.75) is 70.0 Å². The lowest BCUT2D eigenvalue weighted by Crippen LogP contribution is -2.45. The summed E-state index contributed by atoms with van der Waals surface area (Å²) in [6, 6.07) is 26.6. The molecule has 0 radical (unpaired) electrons. The van der Waals surface area contributed by atoms with Crippen LogP contribution < -0.4 is 9.80 Å². The molecule has 9 heteroatoms. The normalized spacial score (nSPS) is 26.1. The zero-order valence-corrected chi connectivity index (χ0v) is 27.9. The van der Waals surface area contributed by atoms with Crippen molar-refractivity contribution in [2.24, 2.45) is 11.8 Å². The summed E-state index contributed by atoms with van der Waals surface area (Å²) in [4.78, 5) is 46.8. The zero-order valence-electron chi connectivity index (χ0n) is 27.9. The fourth-order valence-electron chi connectivity index (χ4n) is 9.11. The molecule has 4 aliphatic rings. The molecule has 2 fully saturated rings. The number of carbonyl (C=O) groups is 3. The molecule has 1 N–H and O–H groups in total. The first-order valence-electron chi connectivity index (χ1n) is 17.2. The summed E-state index contributed by atoms with van der Waals surface area (Å²) in [7, 11) is 0. The van der Waals surface area contributed by atoms with Gasteiger partial charge in [-0.15, -0.1) is 0 Å². The second-order valence-corrected chi connectivity index (χ2v) is 14.4. The van der Waals surface area contributed by atoms with E-state index in [0.717, 1.165) is 40.6 Å². The summed E-state index contributed by atoms with van der Waals surface area (Å²) >= 11 is 0. The Hall–Kier alpha value is -4.60. The highest BCUT2D eigenvalue weighted by Gasteiger charge is 2.66. The summed E-state index contributed by atoms with van der Waals surface area (Å²) < 4.78 is 22.8. The number of carbonyl (C=O) groups excluding carboxylic acids is 3. The van der Waals surface area contributed by atoms with Crippen molar-refractivity contribution in [2.75, 3.05) is 23.0 Å². The third kappa shape index (κ3) is 4.73. The second kappa shape index (κ2) is 11.5. The lowest BCUT2D eigenvalue weighted by Gasteiger charge is -2.32. The lowest BCUT2D eigenvalue weighted by molar-refractivity contribution is -0.150. The minimum atomic E-state index is -1.73. The maximum atomic E-state index is 16.1. The Morgan fingerprint density at radius 3 is 2.43 bits per heavy atom. The fraction of sp³-hybridized carbons (Fsp3) is 0.375. The van der Waals surface area contributed by atoms with Gasteiger partial charge in [0.05, 0.1) is 48.7 Å². The molecule has 0 unspecified atom stereocenters. The van der Waals surface area contributed by atoms with Crippen molar-refractivity contribution in [1.29, 1.82) is 0 Å². The topological polar surface area (TPSA) is 90.4 Å². The van der Waals surface area contributed by atoms with Crippen LogP contribution in [0, 0.1) is 11.8 Å². The number of ether oxygens (including phenoxy) is 1. The van der Waals surface area contributed by atoms with E-state index in [1.807, 2.05) is 91.9 Å². The van der Waals surface area contributed by atoms with E-state index in [4.69, 9.17) is 4.74 Å². The van der Waals surface area contributed by atoms with Gasteiger partial charge in [-0.2, -0.15) is 0 Å². The van der Waals surface area contributed by atoms with Crippen LogP contribution in [-0.2, 0) is 26.5 Å². The number of halogens is 1. The molecule has 4 aromatic carbocycles. The van der Waals surface area contributed by atoms with Gasteiger partial charge in [0.25, 0.3) is 11.8 Å². The van der Waals surface area contributed by atoms with Crippen LogP contribution in [0.4, 0.5) is 21.5 Å². The van der Waals surface area contributed by atoms with E-state index in [2.05, 4.69) is 0 Å². The van der Waals surface area contributed by atoms with Crippen LogP contribution in [0.3, 0.4) is 0 Å². The first-order chi connectivity index (χ1) is 23.5. The average molecular weight is 662 g/mol. The molecule has 8 rings (SSSR count). The molecule has 0 aliphatic carbocycles. The number of alkyl halides is 1. The van der Waals surface area contributed by atoms with Crippen LogP contribution in [0.25, 0.3) is 10.8 Å². The van der Waals surface area contributed by atoms with Gasteiger partial charge in [0.1, 0.15) is 5.67 Å². The molecule has 0 saturated carbocycles. The van der Waals surface area contributed by atoms with E-state index in [0.29, 0.717) is 23.4 Å². The maximum Gasteiger partial charge on any atom is 0.264 e. The van der Waals surface area contributed by atoms with E-state index < -0.39 is 29.2 Å². The minimum absolute atomic E-state index is 0.0652. The number of aliphatic hydroxyl groups is 1. The standard InChI is InChI=1S/C40H40FN3O5/c1-24-36(39(2,3)41)33(21-34(46)42-20-8-11-28(42)23-45)49-40(24)30-13-4-5-14-31(30)43(38(40)48)22-25-16-18-27(19-17-25)44-32-15-7-10-26-9-6-12-29(35(26)32)37(44)47/h4-7,9-10,12-19,24,28,33,36,45H,8,11,20-23H2,1-3H3/t24-,28+,33+,36-,40+/m1/s1. The fourth-order valence-corrected chi connectivity index (χ4v) is 9.11. The predicted octanol–water partition coefficient (Wildman–Crippen LogP) is 6.65. The number of hydrogen-bond acceptors (Lipinski definition) is 5. The molecule has 3 amide bonds. The van der Waals surface area contributed by atoms with Gasteiger partial charge in [0.2, 0.25) is 5.91 Å². The third-order valence-electron chi connectivity index (χ3n) is 11.2. The first kappa shape index (κ1) is 31.7. The quantitative estimate of drug-likeness (QED) is 0.240. The van der Waals surface area contributed by atoms with Crippen molar-refractivity contribution in [3.63, 3.8) is 0 Å². The third-order valence-corrected chi connectivity index (χ3v) is 11.2. The monoisotopic (exact) mass is 661 g/mol. The van der Waals surface area contributed by atoms with E-state index in [9.17, 15) is 19.5 Å². The molecule has 0 bridgehead atoms. The Bertz CT molecular complexity index is 1980. The molecule has 1 spiro atoms. The molecule has 0 aromatic heterocycles. The molecule has 4 aromatic rings. The number of hydrogen-bond donors (Lipinski definition) is 1. The first-order valence-corrected chi connectivity index (χ1v) is 17.2. The molecule has 5 atom stereocenters. The lowest BCUT2D eigenvalue weighted by atomic mass is 9.71. The number of nitrogens with zero attached hydrogens (tertiary/aromatic N) is 3. The Morgan fingerprint density at radius 1 is 0.980 bits per heavy atom. The van der Waals surface area contributed by atoms with Gasteiger partial charge in [0.15, 0.2) is 5.60 Å². The van der Waals surface area contributed by atoms with Gasteiger partial charge in [-0.1, -0.05) is 61.5 Å². The van der Waals surface area contributed by atoms with E-state index in [-0.39, 0.29) is 43.3 Å². The van der Waals surface area contributed by atoms with Gasteiger partial charge in [-0.3, -0.25) is 19.3 Å². The minimum Gasteiger partial charge on any atom is -0.394 e. The Labute approximate surface area is 285 Å². The molecular weight excluding hydrogens is 621 g/mol. The van der Waals surface area contributed by atoms with Crippen molar-refractivity contribution in [3.05, 3.63) is 102 Å². The number of likely N-dealkylation sites (tertiary alicyclic amines) is 1. The summed E-state index contributed by atoms with van der Waals surface area (Å²) in [6.07, 6.45) is 0.641. The largest absolute Gasteiger partial charge is 0.394 e. The van der Waals surface area contributed by atoms with Gasteiger partial charge < -0.3 is 19.6 Å². The van der Waals surface area contributed by atoms with Crippen molar-refractivity contribution >= 4 is 45.6 Å². The smallest absolute Gasteiger partial charge is 0.264 e. The highest BCUT2D eigenvalue weighted by molar-refractivity contribution is 6.27. The highest BCUT2D eigenvalue weighted by atomic mass is 19.1. The van der Waals surface area contributed by atoms with Gasteiger partial charge in [-0.25, -0.2) is 4.39 Å². The van der Waals surface area contributed by atoms with Gasteiger partial charge in [0, 0.05) is 35.0 Å². The Morgan fingerprint density at radius 2 is 1.69 bits per heavy atom. The van der Waals surface area contributed by atoms with Crippen molar-refractivity contribution < 1.29 is 28.6 Å². The Balaban J connectivity index is 1.09. The number of rotatable bonds is 7. The predicted molar refractivity (Wildman–Crippen MR) is 185 cm³/mol. The van der Waals surface area contributed by atoms with Crippen molar-refractivity contribution in [3.8, 4) is 0 Å². The van der Waals surface area contributed by atoms with Crippen LogP contribution in [0.2, 0.25) is 0 Å². The van der Waals surface area contributed by atoms with Crippen LogP contribution in [-0.4, -0.2) is 58.7 Å². The number of benzene rings is 4. The van der Waals surface area contributed by atoms with Gasteiger partial charge in [-0.05, 0) is 68.0 Å². The number of anilines is 3. The number of para-hydroxylation sites is 1. The summed E-state index contributed by atoms with van der Waals surface area (Å²) in [5.41, 5.74) is 1.30. The SMILES string of the molecule is C[C@@H]1[C@@H](C(C)(C)F)[C@H](CC(=O)N2CCC[C@H]2CO)O[C@@]12C(=O)N(Cc1ccc(N3C(=O)c4cccc5cccc3c45)cc1)c1ccccc12. The van der Waals surface area contributed by atoms with Gasteiger partial charge >= 0.3 is 0 Å². The summed E-state index contributed by atoms with van der Waals surface area (Å²) in [5.74, 6) is -1.83. The summed E-state index contributed by atoms with van der Waals surface area (Å²) in [5, 5.41) is 11.8. The van der Waals surface area contributed by atoms with Crippen LogP contribution in [0.1, 0.15) is 61.5 Å². The Kier molecular flexibility index (Phi) is 7.42. The molecule has 252 valence electrons. The molecule has 4 aliphatic heterocycles. The van der Waals surface area contributed by atoms with Crippen molar-refractivity contribution in [1.82, 2.24) is 4.90 Å². The van der Waals surface area contributed by atoms with E-state index >= 15 is 4.39 Å². The maximum absolute atomic E-state index is 16.1.